The van der Waals surface area contributed by atoms with Crippen molar-refractivity contribution in [3.8, 4) is 0 Å². The summed E-state index contributed by atoms with van der Waals surface area (Å²) in [6.07, 6.45) is 1.77. The van der Waals surface area contributed by atoms with Crippen molar-refractivity contribution in [3.05, 3.63) is 16.7 Å². The van der Waals surface area contributed by atoms with Gasteiger partial charge in [-0.1, -0.05) is 11.6 Å². The summed E-state index contributed by atoms with van der Waals surface area (Å²) in [7, 11) is -3.87. The number of thiazole rings is 1. The van der Waals surface area contributed by atoms with E-state index in [1.165, 1.54) is 15.7 Å². The molecule has 10 heteroatoms. The van der Waals surface area contributed by atoms with E-state index < -0.39 is 22.2 Å². The van der Waals surface area contributed by atoms with Crippen molar-refractivity contribution in [2.24, 2.45) is 0 Å². The number of β-amino-alcohol motifs (C(OH)–C–C–N with tert-alkyl or cyclic N) is 1. The third-order valence-corrected chi connectivity index (χ3v) is 6.36. The normalized spacial score (nSPS) is 24.8. The number of hydrogen-bond acceptors (Lipinski definition) is 6. The Kier molecular flexibility index (Phi) is 3.31. The number of aliphatic hydroxyl groups excluding tert-OH is 1. The number of sulfonamides is 1. The van der Waals surface area contributed by atoms with E-state index >= 15 is 0 Å². The number of halogens is 1. The fraction of sp³-hybridized carbons (Fsp3) is 0.500. The smallest absolute Gasteiger partial charge is 0.262 e. The SMILES string of the molecule is O=S(=O)(c1c(Cl)nc2sccn12)N1CC[C@](O)(CO)C1. The minimum absolute atomic E-state index is 0.0868. The first-order valence-electron chi connectivity index (χ1n) is 5.82. The Morgan fingerprint density at radius 3 is 2.95 bits per heavy atom. The predicted octanol–water partition coefficient (Wildman–Crippen LogP) is 0.167. The lowest BCUT2D eigenvalue weighted by molar-refractivity contribution is -0.000745. The number of aromatic nitrogens is 2. The number of nitrogens with zero attached hydrogens (tertiary/aromatic N) is 3. The van der Waals surface area contributed by atoms with Gasteiger partial charge in [0.25, 0.3) is 10.0 Å². The number of aliphatic hydroxyl groups is 2. The van der Waals surface area contributed by atoms with Crippen LogP contribution in [0.4, 0.5) is 0 Å². The van der Waals surface area contributed by atoms with Crippen LogP contribution in [-0.4, -0.2) is 57.6 Å². The molecule has 0 radical (unpaired) electrons. The second kappa shape index (κ2) is 4.65. The molecule has 110 valence electrons. The third-order valence-electron chi connectivity index (χ3n) is 3.35. The zero-order valence-corrected chi connectivity index (χ0v) is 12.6. The first-order valence-corrected chi connectivity index (χ1v) is 8.52. The fourth-order valence-corrected chi connectivity index (χ4v) is 5.17. The zero-order chi connectivity index (χ0) is 14.5. The van der Waals surface area contributed by atoms with E-state index in [-0.39, 0.29) is 29.7 Å². The highest BCUT2D eigenvalue weighted by Crippen LogP contribution is 2.31. The Morgan fingerprint density at radius 2 is 2.30 bits per heavy atom. The van der Waals surface area contributed by atoms with Gasteiger partial charge in [0.2, 0.25) is 0 Å². The molecule has 2 aromatic heterocycles. The van der Waals surface area contributed by atoms with Crippen molar-refractivity contribution < 1.29 is 18.6 Å². The van der Waals surface area contributed by atoms with Crippen LogP contribution in [0.1, 0.15) is 6.42 Å². The first-order chi connectivity index (χ1) is 9.37. The molecule has 0 saturated carbocycles. The molecule has 1 aliphatic heterocycles. The molecule has 1 aliphatic rings. The van der Waals surface area contributed by atoms with Crippen LogP contribution >= 0.6 is 22.9 Å². The van der Waals surface area contributed by atoms with Crippen LogP contribution in [0.2, 0.25) is 5.15 Å². The molecule has 3 heterocycles. The number of fused-ring (bicyclic) bond motifs is 1. The van der Waals surface area contributed by atoms with Crippen LogP contribution in [0, 0.1) is 0 Å². The molecule has 0 aliphatic carbocycles. The molecule has 0 aromatic carbocycles. The maximum absolute atomic E-state index is 12.6. The molecule has 3 rings (SSSR count). The predicted molar refractivity (Wildman–Crippen MR) is 73.5 cm³/mol. The van der Waals surface area contributed by atoms with E-state index in [1.807, 2.05) is 0 Å². The van der Waals surface area contributed by atoms with Gasteiger partial charge in [-0.15, -0.1) is 11.3 Å². The monoisotopic (exact) mass is 337 g/mol. The largest absolute Gasteiger partial charge is 0.393 e. The van der Waals surface area contributed by atoms with Crippen molar-refractivity contribution in [2.75, 3.05) is 19.7 Å². The maximum Gasteiger partial charge on any atom is 0.262 e. The van der Waals surface area contributed by atoms with Gasteiger partial charge in [-0.2, -0.15) is 4.31 Å². The molecule has 1 atom stereocenters. The van der Waals surface area contributed by atoms with Crippen molar-refractivity contribution in [1.82, 2.24) is 13.7 Å². The lowest BCUT2D eigenvalue weighted by Gasteiger charge is -2.20. The van der Waals surface area contributed by atoms with E-state index in [4.69, 9.17) is 16.7 Å². The Morgan fingerprint density at radius 1 is 1.55 bits per heavy atom. The number of hydrogen-bond donors (Lipinski definition) is 2. The van der Waals surface area contributed by atoms with Gasteiger partial charge in [0.05, 0.1) is 6.61 Å². The minimum Gasteiger partial charge on any atom is -0.393 e. The van der Waals surface area contributed by atoms with Gasteiger partial charge in [0.15, 0.2) is 15.1 Å². The topological polar surface area (TPSA) is 95.1 Å². The summed E-state index contributed by atoms with van der Waals surface area (Å²) in [5, 5.41) is 20.6. The summed E-state index contributed by atoms with van der Waals surface area (Å²) in [6, 6.07) is 0. The molecule has 1 fully saturated rings. The Bertz CT molecular complexity index is 756. The molecule has 2 aromatic rings. The summed E-state index contributed by atoms with van der Waals surface area (Å²) in [5.74, 6) is 0. The highest BCUT2D eigenvalue weighted by atomic mass is 35.5. The highest BCUT2D eigenvalue weighted by Gasteiger charge is 2.43. The summed E-state index contributed by atoms with van der Waals surface area (Å²) >= 11 is 7.21. The molecule has 0 unspecified atom stereocenters. The molecule has 2 N–H and O–H groups in total. The summed E-state index contributed by atoms with van der Waals surface area (Å²) in [4.78, 5) is 4.49. The van der Waals surface area contributed by atoms with Crippen molar-refractivity contribution in [2.45, 2.75) is 17.0 Å². The van der Waals surface area contributed by atoms with Gasteiger partial charge in [0.1, 0.15) is 5.60 Å². The molecule has 20 heavy (non-hydrogen) atoms. The zero-order valence-electron chi connectivity index (χ0n) is 10.2. The highest BCUT2D eigenvalue weighted by molar-refractivity contribution is 7.89. The Balaban J connectivity index is 2.05. The van der Waals surface area contributed by atoms with E-state index in [0.717, 1.165) is 4.31 Å². The van der Waals surface area contributed by atoms with Crippen molar-refractivity contribution in [1.29, 1.82) is 0 Å². The quantitative estimate of drug-likeness (QED) is 0.832. The van der Waals surface area contributed by atoms with Crippen LogP contribution in [-0.2, 0) is 10.0 Å². The van der Waals surface area contributed by atoms with Gasteiger partial charge < -0.3 is 10.2 Å². The molecule has 0 spiro atoms. The van der Waals surface area contributed by atoms with Crippen LogP contribution in [0.15, 0.2) is 16.6 Å². The summed E-state index contributed by atoms with van der Waals surface area (Å²) < 4.78 is 27.8. The molecule has 0 bridgehead atoms. The first kappa shape index (κ1) is 14.2. The van der Waals surface area contributed by atoms with Crippen molar-refractivity contribution in [3.63, 3.8) is 0 Å². The van der Waals surface area contributed by atoms with Crippen molar-refractivity contribution >= 4 is 37.9 Å². The second-order valence-electron chi connectivity index (χ2n) is 4.73. The third kappa shape index (κ3) is 2.05. The van der Waals surface area contributed by atoms with E-state index in [2.05, 4.69) is 4.98 Å². The van der Waals surface area contributed by atoms with Crippen LogP contribution < -0.4 is 0 Å². The summed E-state index contributed by atoms with van der Waals surface area (Å²) in [6.45, 7) is -0.500. The lowest BCUT2D eigenvalue weighted by Crippen LogP contribution is -2.39. The molecule has 0 amide bonds. The van der Waals surface area contributed by atoms with Gasteiger partial charge in [0, 0.05) is 24.7 Å². The van der Waals surface area contributed by atoms with Gasteiger partial charge >= 0.3 is 0 Å². The second-order valence-corrected chi connectivity index (χ2v) is 7.82. The van der Waals surface area contributed by atoms with E-state index in [0.29, 0.717) is 4.96 Å². The van der Waals surface area contributed by atoms with Gasteiger partial charge in [-0.05, 0) is 6.42 Å². The van der Waals surface area contributed by atoms with E-state index in [1.54, 1.807) is 11.6 Å². The lowest BCUT2D eigenvalue weighted by atomic mass is 10.1. The van der Waals surface area contributed by atoms with E-state index in [9.17, 15) is 13.5 Å². The summed E-state index contributed by atoms with van der Waals surface area (Å²) in [5.41, 5.74) is -1.39. The Labute approximate surface area is 124 Å². The molecule has 1 saturated heterocycles. The van der Waals surface area contributed by atoms with Gasteiger partial charge in [-0.3, -0.25) is 4.40 Å². The molecular formula is C10H12ClN3O4S2. The molecular weight excluding hydrogens is 326 g/mol. The molecule has 7 nitrogen and oxygen atoms in total. The number of rotatable bonds is 3. The average molecular weight is 338 g/mol. The maximum atomic E-state index is 12.6. The van der Waals surface area contributed by atoms with Crippen LogP contribution in [0.5, 0.6) is 0 Å². The minimum atomic E-state index is -3.87. The van der Waals surface area contributed by atoms with Crippen LogP contribution in [0.3, 0.4) is 0 Å². The average Bonchev–Trinajstić information content (AvgIpc) is 3.03. The standard InChI is InChI=1S/C10H12ClN3O4S2/c11-7-8(14-3-4-19-9(14)12-7)20(17,18)13-2-1-10(16,5-13)6-15/h3-4,15-16H,1-2,5-6H2/t10-/m1/s1. The van der Waals surface area contributed by atoms with Gasteiger partial charge in [-0.25, -0.2) is 13.4 Å². The number of imidazole rings is 1. The van der Waals surface area contributed by atoms with Crippen LogP contribution in [0.25, 0.3) is 4.96 Å². The Hall–Kier alpha value is -0.710. The fourth-order valence-electron chi connectivity index (χ4n) is 2.25.